The van der Waals surface area contributed by atoms with Crippen LogP contribution in [0.3, 0.4) is 0 Å². The molecule has 6 nitrogen and oxygen atoms in total. The minimum Gasteiger partial charge on any atom is -0.465 e. The topological polar surface area (TPSA) is 58.0 Å². The number of furan rings is 1. The van der Waals surface area contributed by atoms with Gasteiger partial charge in [-0.1, -0.05) is 0 Å². The van der Waals surface area contributed by atoms with Crippen molar-refractivity contribution < 1.29 is 13.9 Å². The average Bonchev–Trinajstić information content (AvgIpc) is 2.85. The van der Waals surface area contributed by atoms with Gasteiger partial charge in [0.1, 0.15) is 17.1 Å². The van der Waals surface area contributed by atoms with Crippen LogP contribution < -0.4 is 5.32 Å². The van der Waals surface area contributed by atoms with Gasteiger partial charge in [-0.3, -0.25) is 4.90 Å². The first-order chi connectivity index (χ1) is 10.1. The van der Waals surface area contributed by atoms with Gasteiger partial charge in [0.15, 0.2) is 0 Å². The Balaban J connectivity index is 1.70. The summed E-state index contributed by atoms with van der Waals surface area (Å²) in [5, 5.41) is 3.36. The van der Waals surface area contributed by atoms with E-state index in [2.05, 4.69) is 22.2 Å². The lowest BCUT2D eigenvalue weighted by Gasteiger charge is -2.32. The predicted molar refractivity (Wildman–Crippen MR) is 80.4 cm³/mol. The third-order valence-electron chi connectivity index (χ3n) is 3.87. The second-order valence-electron chi connectivity index (χ2n) is 5.50. The molecule has 0 saturated carbocycles. The molecule has 118 valence electrons. The highest BCUT2D eigenvalue weighted by atomic mass is 16.5. The third kappa shape index (κ3) is 4.56. The first-order valence-corrected chi connectivity index (χ1v) is 7.39. The summed E-state index contributed by atoms with van der Waals surface area (Å²) in [4.78, 5) is 16.3. The summed E-state index contributed by atoms with van der Waals surface area (Å²) in [5.41, 5.74) is 0.508. The largest absolute Gasteiger partial charge is 0.465 e. The van der Waals surface area contributed by atoms with Gasteiger partial charge in [-0.15, -0.1) is 0 Å². The van der Waals surface area contributed by atoms with E-state index in [1.165, 1.54) is 7.11 Å². The summed E-state index contributed by atoms with van der Waals surface area (Å²) >= 11 is 0. The summed E-state index contributed by atoms with van der Waals surface area (Å²) in [5.74, 6) is 1.03. The van der Waals surface area contributed by atoms with E-state index in [-0.39, 0.29) is 5.97 Å². The standard InChI is InChI=1S/C15H25N3O3/c1-12-14(15(19)20-3)10-13(21-12)11-16-4-5-18-8-6-17(2)7-9-18/h10,16H,4-9,11H2,1-3H3. The van der Waals surface area contributed by atoms with Crippen LogP contribution >= 0.6 is 0 Å². The van der Waals surface area contributed by atoms with E-state index in [4.69, 9.17) is 9.15 Å². The zero-order valence-corrected chi connectivity index (χ0v) is 13.1. The maximum atomic E-state index is 11.5. The summed E-state index contributed by atoms with van der Waals surface area (Å²) < 4.78 is 10.3. The third-order valence-corrected chi connectivity index (χ3v) is 3.87. The number of carbonyl (C=O) groups excluding carboxylic acids is 1. The molecule has 0 atom stereocenters. The zero-order chi connectivity index (χ0) is 15.2. The van der Waals surface area contributed by atoms with E-state index in [9.17, 15) is 4.79 Å². The lowest BCUT2D eigenvalue weighted by Crippen LogP contribution is -2.46. The molecule has 0 amide bonds. The lowest BCUT2D eigenvalue weighted by atomic mass is 10.2. The molecule has 2 rings (SSSR count). The molecule has 1 fully saturated rings. The molecule has 1 aromatic heterocycles. The van der Waals surface area contributed by atoms with Gasteiger partial charge in [0.05, 0.1) is 13.7 Å². The van der Waals surface area contributed by atoms with Gasteiger partial charge in [0.2, 0.25) is 0 Å². The highest BCUT2D eigenvalue weighted by molar-refractivity contribution is 5.90. The summed E-state index contributed by atoms with van der Waals surface area (Å²) in [6, 6.07) is 1.75. The van der Waals surface area contributed by atoms with Crippen molar-refractivity contribution in [3.63, 3.8) is 0 Å². The number of aryl methyl sites for hydroxylation is 1. The molecule has 2 heterocycles. The van der Waals surface area contributed by atoms with Gasteiger partial charge >= 0.3 is 5.97 Å². The lowest BCUT2D eigenvalue weighted by molar-refractivity contribution is 0.0599. The van der Waals surface area contributed by atoms with Gasteiger partial charge in [0, 0.05) is 39.3 Å². The molecule has 6 heteroatoms. The molecular weight excluding hydrogens is 270 g/mol. The number of hydrogen-bond donors (Lipinski definition) is 1. The van der Waals surface area contributed by atoms with Crippen LogP contribution in [0.15, 0.2) is 10.5 Å². The van der Waals surface area contributed by atoms with E-state index in [0.717, 1.165) is 45.0 Å². The van der Waals surface area contributed by atoms with Crippen LogP contribution in [0, 0.1) is 6.92 Å². The number of nitrogens with one attached hydrogen (secondary N) is 1. The Morgan fingerprint density at radius 1 is 1.38 bits per heavy atom. The van der Waals surface area contributed by atoms with Crippen molar-refractivity contribution in [1.82, 2.24) is 15.1 Å². The van der Waals surface area contributed by atoms with E-state index < -0.39 is 0 Å². The van der Waals surface area contributed by atoms with Crippen LogP contribution in [-0.2, 0) is 11.3 Å². The Kier molecular flexibility index (Phi) is 5.78. The van der Waals surface area contributed by atoms with Gasteiger partial charge < -0.3 is 19.4 Å². The minimum absolute atomic E-state index is 0.347. The number of nitrogens with zero attached hydrogens (tertiary/aromatic N) is 2. The number of rotatable bonds is 6. The van der Waals surface area contributed by atoms with Crippen LogP contribution in [0.2, 0.25) is 0 Å². The zero-order valence-electron chi connectivity index (χ0n) is 13.1. The smallest absolute Gasteiger partial charge is 0.341 e. The van der Waals surface area contributed by atoms with Crippen molar-refractivity contribution in [1.29, 1.82) is 0 Å². The first kappa shape index (κ1) is 16.0. The molecule has 0 radical (unpaired) electrons. The fourth-order valence-electron chi connectivity index (χ4n) is 2.46. The monoisotopic (exact) mass is 295 g/mol. The van der Waals surface area contributed by atoms with Crippen molar-refractivity contribution in [3.05, 3.63) is 23.2 Å². The molecule has 1 aliphatic rings. The first-order valence-electron chi connectivity index (χ1n) is 7.39. The number of esters is 1. The molecule has 0 aromatic carbocycles. The Labute approximate surface area is 126 Å². The molecule has 0 aliphatic carbocycles. The molecule has 1 aromatic rings. The van der Waals surface area contributed by atoms with Crippen molar-refractivity contribution in [2.45, 2.75) is 13.5 Å². The van der Waals surface area contributed by atoms with Crippen molar-refractivity contribution >= 4 is 5.97 Å². The highest BCUT2D eigenvalue weighted by Crippen LogP contribution is 2.15. The maximum Gasteiger partial charge on any atom is 0.341 e. The molecule has 1 N–H and O–H groups in total. The summed E-state index contributed by atoms with van der Waals surface area (Å²) in [6.45, 7) is 8.90. The number of carbonyl (C=O) groups is 1. The second-order valence-corrected chi connectivity index (χ2v) is 5.50. The van der Waals surface area contributed by atoms with Crippen LogP contribution in [0.1, 0.15) is 21.9 Å². The van der Waals surface area contributed by atoms with Crippen molar-refractivity contribution in [3.8, 4) is 0 Å². The van der Waals surface area contributed by atoms with Crippen molar-refractivity contribution in [2.24, 2.45) is 0 Å². The van der Waals surface area contributed by atoms with E-state index in [1.807, 2.05) is 0 Å². The average molecular weight is 295 g/mol. The summed E-state index contributed by atoms with van der Waals surface area (Å²) in [6.07, 6.45) is 0. The van der Waals surface area contributed by atoms with Gasteiger partial charge in [-0.2, -0.15) is 0 Å². The van der Waals surface area contributed by atoms with E-state index >= 15 is 0 Å². The Bertz CT molecular complexity index is 465. The SMILES string of the molecule is COC(=O)c1cc(CNCCN2CCN(C)CC2)oc1C. The Morgan fingerprint density at radius 3 is 2.76 bits per heavy atom. The van der Waals surface area contributed by atoms with Crippen LogP contribution in [-0.4, -0.2) is 69.2 Å². The minimum atomic E-state index is -0.347. The number of hydrogen-bond acceptors (Lipinski definition) is 6. The number of piperazine rings is 1. The molecule has 21 heavy (non-hydrogen) atoms. The number of methoxy groups -OCH3 is 1. The Hall–Kier alpha value is -1.37. The fourth-order valence-corrected chi connectivity index (χ4v) is 2.46. The molecule has 0 spiro atoms. The van der Waals surface area contributed by atoms with Crippen LogP contribution in [0.4, 0.5) is 0 Å². The molecule has 1 aliphatic heterocycles. The van der Waals surface area contributed by atoms with Gasteiger partial charge in [-0.05, 0) is 20.0 Å². The quantitative estimate of drug-likeness (QED) is 0.616. The predicted octanol–water partition coefficient (Wildman–Crippen LogP) is 0.712. The molecular formula is C15H25N3O3. The van der Waals surface area contributed by atoms with E-state index in [1.54, 1.807) is 13.0 Å². The highest BCUT2D eigenvalue weighted by Gasteiger charge is 2.15. The molecule has 0 bridgehead atoms. The van der Waals surface area contributed by atoms with Crippen molar-refractivity contribution in [2.75, 3.05) is 53.4 Å². The number of ether oxygens (including phenoxy) is 1. The normalized spacial score (nSPS) is 17.1. The fraction of sp³-hybridized carbons (Fsp3) is 0.667. The Morgan fingerprint density at radius 2 is 2.10 bits per heavy atom. The summed E-state index contributed by atoms with van der Waals surface area (Å²) in [7, 11) is 3.54. The number of likely N-dealkylation sites (N-methyl/N-ethyl adjacent to an activating group) is 1. The second kappa shape index (κ2) is 7.59. The van der Waals surface area contributed by atoms with Gasteiger partial charge in [-0.25, -0.2) is 4.79 Å². The van der Waals surface area contributed by atoms with Gasteiger partial charge in [0.25, 0.3) is 0 Å². The van der Waals surface area contributed by atoms with Crippen LogP contribution in [0.5, 0.6) is 0 Å². The van der Waals surface area contributed by atoms with Crippen LogP contribution in [0.25, 0.3) is 0 Å². The maximum absolute atomic E-state index is 11.5. The van der Waals surface area contributed by atoms with E-state index in [0.29, 0.717) is 17.9 Å². The molecule has 1 saturated heterocycles. The molecule has 0 unspecified atom stereocenters.